The summed E-state index contributed by atoms with van der Waals surface area (Å²) in [6, 6.07) is 9.65. The molecule has 0 aliphatic carbocycles. The summed E-state index contributed by atoms with van der Waals surface area (Å²) < 4.78 is 18.5. The predicted octanol–water partition coefficient (Wildman–Crippen LogP) is 3.22. The summed E-state index contributed by atoms with van der Waals surface area (Å²) in [4.78, 5) is 4.16. The Morgan fingerprint density at radius 1 is 1.12 bits per heavy atom. The van der Waals surface area contributed by atoms with Crippen molar-refractivity contribution in [3.05, 3.63) is 48.4 Å². The minimum absolute atomic E-state index is 0.320. The van der Waals surface area contributed by atoms with Crippen LogP contribution >= 0.6 is 0 Å². The fourth-order valence-corrected chi connectivity index (χ4v) is 1.71. The fourth-order valence-electron chi connectivity index (χ4n) is 1.71. The molecule has 0 fully saturated rings. The second-order valence-electron chi connectivity index (χ2n) is 3.77. The number of nitrogens with two attached hydrogens (primary N) is 1. The van der Waals surface area contributed by atoms with Crippen molar-refractivity contribution >= 4 is 16.7 Å². The number of rotatable bonds is 1. The van der Waals surface area contributed by atoms with E-state index in [4.69, 9.17) is 10.2 Å². The lowest BCUT2D eigenvalue weighted by atomic mass is 10.2. The van der Waals surface area contributed by atoms with Crippen LogP contribution in [-0.4, -0.2) is 4.98 Å². The third-order valence-corrected chi connectivity index (χ3v) is 2.52. The Hall–Kier alpha value is -2.36. The molecule has 0 atom stereocenters. The Morgan fingerprint density at radius 3 is 2.82 bits per heavy atom. The fraction of sp³-hybridized carbons (Fsp3) is 0. The molecule has 0 spiro atoms. The number of aromatic nitrogens is 1. The standard InChI is InChI=1S/C13H9FN2O/c14-9-2-1-8-5-13(17-12(8)6-9)11-7-10(15)3-4-16-11/h1-7H,(H2,15,16). The minimum atomic E-state index is -0.320. The summed E-state index contributed by atoms with van der Waals surface area (Å²) in [5.41, 5.74) is 7.43. The van der Waals surface area contributed by atoms with E-state index in [1.807, 2.05) is 6.07 Å². The Bertz CT molecular complexity index is 691. The normalized spacial score (nSPS) is 10.9. The van der Waals surface area contributed by atoms with Gasteiger partial charge in [0.25, 0.3) is 0 Å². The van der Waals surface area contributed by atoms with Gasteiger partial charge in [-0.2, -0.15) is 0 Å². The van der Waals surface area contributed by atoms with Crippen molar-refractivity contribution in [3.63, 3.8) is 0 Å². The van der Waals surface area contributed by atoms with E-state index in [1.54, 1.807) is 24.4 Å². The molecule has 17 heavy (non-hydrogen) atoms. The zero-order valence-corrected chi connectivity index (χ0v) is 8.85. The summed E-state index contributed by atoms with van der Waals surface area (Å²) >= 11 is 0. The van der Waals surface area contributed by atoms with E-state index in [9.17, 15) is 4.39 Å². The number of furan rings is 1. The first-order valence-electron chi connectivity index (χ1n) is 5.13. The van der Waals surface area contributed by atoms with Gasteiger partial charge in [0.15, 0.2) is 5.76 Å². The second-order valence-corrected chi connectivity index (χ2v) is 3.77. The Morgan fingerprint density at radius 2 is 2.00 bits per heavy atom. The predicted molar refractivity (Wildman–Crippen MR) is 63.8 cm³/mol. The minimum Gasteiger partial charge on any atom is -0.454 e. The molecule has 0 aliphatic heterocycles. The zero-order chi connectivity index (χ0) is 11.8. The van der Waals surface area contributed by atoms with E-state index in [2.05, 4.69) is 4.98 Å². The van der Waals surface area contributed by atoms with Crippen molar-refractivity contribution in [2.45, 2.75) is 0 Å². The third kappa shape index (κ3) is 1.73. The number of fused-ring (bicyclic) bond motifs is 1. The third-order valence-electron chi connectivity index (χ3n) is 2.52. The molecule has 4 heteroatoms. The molecule has 0 aliphatic rings. The Balaban J connectivity index is 2.18. The average Bonchev–Trinajstić information content (AvgIpc) is 2.72. The number of pyridine rings is 1. The first kappa shape index (κ1) is 9.84. The summed E-state index contributed by atoms with van der Waals surface area (Å²) in [6.07, 6.45) is 1.61. The van der Waals surface area contributed by atoms with Crippen molar-refractivity contribution in [1.82, 2.24) is 4.98 Å². The molecule has 3 aromatic rings. The van der Waals surface area contributed by atoms with E-state index in [0.717, 1.165) is 5.39 Å². The number of hydrogen-bond acceptors (Lipinski definition) is 3. The van der Waals surface area contributed by atoms with Gasteiger partial charge in [0.05, 0.1) is 0 Å². The van der Waals surface area contributed by atoms with Crippen LogP contribution in [0.4, 0.5) is 10.1 Å². The van der Waals surface area contributed by atoms with Gasteiger partial charge in [-0.1, -0.05) is 0 Å². The quantitative estimate of drug-likeness (QED) is 0.695. The van der Waals surface area contributed by atoms with Gasteiger partial charge in [0.1, 0.15) is 17.1 Å². The summed E-state index contributed by atoms with van der Waals surface area (Å²) in [5, 5.41) is 0.839. The number of nitrogens with zero attached hydrogens (tertiary/aromatic N) is 1. The highest BCUT2D eigenvalue weighted by Crippen LogP contribution is 2.27. The van der Waals surface area contributed by atoms with Gasteiger partial charge < -0.3 is 10.2 Å². The van der Waals surface area contributed by atoms with Crippen molar-refractivity contribution in [3.8, 4) is 11.5 Å². The highest BCUT2D eigenvalue weighted by atomic mass is 19.1. The molecule has 0 saturated heterocycles. The molecule has 3 rings (SSSR count). The molecule has 0 saturated carbocycles. The smallest absolute Gasteiger partial charge is 0.153 e. The number of nitrogen functional groups attached to an aromatic ring is 1. The first-order chi connectivity index (χ1) is 8.22. The molecule has 1 aromatic carbocycles. The lowest BCUT2D eigenvalue weighted by Crippen LogP contribution is -1.86. The second kappa shape index (κ2) is 3.59. The van der Waals surface area contributed by atoms with Gasteiger partial charge in [-0.3, -0.25) is 4.98 Å². The molecule has 3 nitrogen and oxygen atoms in total. The van der Waals surface area contributed by atoms with Crippen LogP contribution in [0.15, 0.2) is 47.0 Å². The first-order valence-corrected chi connectivity index (χ1v) is 5.13. The Labute approximate surface area is 96.7 Å². The highest BCUT2D eigenvalue weighted by molar-refractivity contribution is 5.82. The van der Waals surface area contributed by atoms with Crippen LogP contribution in [0.5, 0.6) is 0 Å². The van der Waals surface area contributed by atoms with Gasteiger partial charge in [-0.15, -0.1) is 0 Å². The van der Waals surface area contributed by atoms with Crippen LogP contribution in [0.25, 0.3) is 22.4 Å². The molecule has 0 amide bonds. The van der Waals surface area contributed by atoms with Crippen LogP contribution in [-0.2, 0) is 0 Å². The SMILES string of the molecule is Nc1ccnc(-c2cc3ccc(F)cc3o2)c1. The van der Waals surface area contributed by atoms with E-state index in [1.165, 1.54) is 12.1 Å². The van der Waals surface area contributed by atoms with Crippen LogP contribution in [0.2, 0.25) is 0 Å². The van der Waals surface area contributed by atoms with Crippen LogP contribution in [0, 0.1) is 5.82 Å². The average molecular weight is 228 g/mol. The maximum atomic E-state index is 13.0. The van der Waals surface area contributed by atoms with Gasteiger partial charge in [0, 0.05) is 23.3 Å². The lowest BCUT2D eigenvalue weighted by molar-refractivity contribution is 0.606. The maximum Gasteiger partial charge on any atom is 0.153 e. The lowest BCUT2D eigenvalue weighted by Gasteiger charge is -1.96. The number of benzene rings is 1. The highest BCUT2D eigenvalue weighted by Gasteiger charge is 2.08. The van der Waals surface area contributed by atoms with Crippen molar-refractivity contribution < 1.29 is 8.81 Å². The van der Waals surface area contributed by atoms with Crippen LogP contribution in [0.1, 0.15) is 0 Å². The largest absolute Gasteiger partial charge is 0.454 e. The molecular weight excluding hydrogens is 219 g/mol. The van der Waals surface area contributed by atoms with Gasteiger partial charge in [-0.25, -0.2) is 4.39 Å². The molecule has 0 unspecified atom stereocenters. The van der Waals surface area contributed by atoms with E-state index < -0.39 is 0 Å². The monoisotopic (exact) mass is 228 g/mol. The molecular formula is C13H9FN2O. The molecule has 2 N–H and O–H groups in total. The van der Waals surface area contributed by atoms with Crippen LogP contribution < -0.4 is 5.73 Å². The van der Waals surface area contributed by atoms with Gasteiger partial charge in [0.2, 0.25) is 0 Å². The van der Waals surface area contributed by atoms with Crippen molar-refractivity contribution in [1.29, 1.82) is 0 Å². The molecule has 2 heterocycles. The molecule has 84 valence electrons. The van der Waals surface area contributed by atoms with E-state index >= 15 is 0 Å². The molecule has 0 bridgehead atoms. The summed E-state index contributed by atoms with van der Waals surface area (Å²) in [7, 11) is 0. The van der Waals surface area contributed by atoms with Crippen molar-refractivity contribution in [2.75, 3.05) is 5.73 Å². The summed E-state index contributed by atoms with van der Waals surface area (Å²) in [6.45, 7) is 0. The number of hydrogen-bond donors (Lipinski definition) is 1. The van der Waals surface area contributed by atoms with Gasteiger partial charge in [-0.05, 0) is 30.3 Å². The van der Waals surface area contributed by atoms with Gasteiger partial charge >= 0.3 is 0 Å². The van der Waals surface area contributed by atoms with E-state index in [0.29, 0.717) is 22.7 Å². The number of halogens is 1. The summed E-state index contributed by atoms with van der Waals surface area (Å²) in [5.74, 6) is 0.261. The molecule has 0 radical (unpaired) electrons. The van der Waals surface area contributed by atoms with E-state index in [-0.39, 0.29) is 5.82 Å². The zero-order valence-electron chi connectivity index (χ0n) is 8.85. The topological polar surface area (TPSA) is 52.0 Å². The number of anilines is 1. The Kier molecular flexibility index (Phi) is 2.08. The van der Waals surface area contributed by atoms with Crippen LogP contribution in [0.3, 0.4) is 0 Å². The maximum absolute atomic E-state index is 13.0. The molecule has 2 aromatic heterocycles. The van der Waals surface area contributed by atoms with Crippen molar-refractivity contribution in [2.24, 2.45) is 0 Å².